The van der Waals surface area contributed by atoms with Crippen molar-refractivity contribution in [1.82, 2.24) is 24.6 Å². The number of rotatable bonds is 5. The quantitative estimate of drug-likeness (QED) is 0.653. The summed E-state index contributed by atoms with van der Waals surface area (Å²) in [6.07, 6.45) is 1.35. The van der Waals surface area contributed by atoms with Crippen LogP contribution in [0.2, 0.25) is 0 Å². The van der Waals surface area contributed by atoms with Gasteiger partial charge in [0.05, 0.1) is 17.2 Å². The van der Waals surface area contributed by atoms with Gasteiger partial charge >= 0.3 is 6.09 Å². The predicted molar refractivity (Wildman–Crippen MR) is 116 cm³/mol. The standard InChI is InChI=1S/C20H27N5O3S2/c1-20(2)12-25(19(27)28-13-20)14-6-8-24(9-7-14)16(26)11-30-18-22-21-17(23(18)3)15-5-4-10-29-15/h4-5,10,14H,6-9,11-13H2,1-3H3. The lowest BCUT2D eigenvalue weighted by Crippen LogP contribution is -2.55. The molecule has 0 saturated carbocycles. The molecule has 0 N–H and O–H groups in total. The highest BCUT2D eigenvalue weighted by Gasteiger charge is 2.38. The minimum absolute atomic E-state index is 0.0322. The number of amides is 2. The van der Waals surface area contributed by atoms with Crippen molar-refractivity contribution in [2.75, 3.05) is 32.0 Å². The van der Waals surface area contributed by atoms with Crippen LogP contribution in [0, 0.1) is 5.41 Å². The van der Waals surface area contributed by atoms with E-state index in [0.29, 0.717) is 32.0 Å². The lowest BCUT2D eigenvalue weighted by molar-refractivity contribution is -0.130. The Morgan fingerprint density at radius 3 is 2.80 bits per heavy atom. The van der Waals surface area contributed by atoms with E-state index >= 15 is 0 Å². The first kappa shape index (κ1) is 21.2. The maximum Gasteiger partial charge on any atom is 0.410 e. The summed E-state index contributed by atoms with van der Waals surface area (Å²) in [6.45, 7) is 6.71. The van der Waals surface area contributed by atoms with Crippen molar-refractivity contribution in [2.45, 2.75) is 37.9 Å². The summed E-state index contributed by atoms with van der Waals surface area (Å²) in [6, 6.07) is 4.14. The first-order valence-corrected chi connectivity index (χ1v) is 12.0. The van der Waals surface area contributed by atoms with Gasteiger partial charge < -0.3 is 19.1 Å². The second-order valence-electron chi connectivity index (χ2n) is 8.59. The Kier molecular flexibility index (Phi) is 6.06. The number of aromatic nitrogens is 3. The Balaban J connectivity index is 1.28. The largest absolute Gasteiger partial charge is 0.449 e. The molecule has 0 spiro atoms. The van der Waals surface area contributed by atoms with Crippen molar-refractivity contribution in [1.29, 1.82) is 0 Å². The summed E-state index contributed by atoms with van der Waals surface area (Å²) in [5.41, 5.74) is -0.0322. The van der Waals surface area contributed by atoms with E-state index in [2.05, 4.69) is 24.0 Å². The Bertz CT molecular complexity index is 904. The number of hydrogen-bond acceptors (Lipinski definition) is 7. The molecule has 4 heterocycles. The van der Waals surface area contributed by atoms with Crippen LogP contribution in [0.5, 0.6) is 0 Å². The second kappa shape index (κ2) is 8.58. The fraction of sp³-hybridized carbons (Fsp3) is 0.600. The van der Waals surface area contributed by atoms with Crippen LogP contribution in [0.3, 0.4) is 0 Å². The summed E-state index contributed by atoms with van der Waals surface area (Å²) in [7, 11) is 1.92. The lowest BCUT2D eigenvalue weighted by atomic mass is 9.91. The lowest BCUT2D eigenvalue weighted by Gasteiger charge is -2.44. The Labute approximate surface area is 184 Å². The molecule has 10 heteroatoms. The van der Waals surface area contributed by atoms with Gasteiger partial charge in [-0.15, -0.1) is 21.5 Å². The van der Waals surface area contributed by atoms with Crippen LogP contribution in [0.1, 0.15) is 26.7 Å². The molecule has 30 heavy (non-hydrogen) atoms. The molecular weight excluding hydrogens is 422 g/mol. The van der Waals surface area contributed by atoms with Crippen LogP contribution >= 0.6 is 23.1 Å². The first-order valence-electron chi connectivity index (χ1n) is 10.1. The molecule has 8 nitrogen and oxygen atoms in total. The van der Waals surface area contributed by atoms with Gasteiger partial charge in [-0.3, -0.25) is 4.79 Å². The Morgan fingerprint density at radius 1 is 1.33 bits per heavy atom. The SMILES string of the molecule is Cn1c(SCC(=O)N2CCC(N3CC(C)(C)COC3=O)CC2)nnc1-c1cccs1. The highest BCUT2D eigenvalue weighted by Crippen LogP contribution is 2.29. The van der Waals surface area contributed by atoms with Crippen molar-refractivity contribution in [3.63, 3.8) is 0 Å². The van der Waals surface area contributed by atoms with E-state index in [1.807, 2.05) is 38.9 Å². The molecule has 162 valence electrons. The zero-order valence-corrected chi connectivity index (χ0v) is 19.2. The number of hydrogen-bond donors (Lipinski definition) is 0. The number of carbonyl (C=O) groups is 2. The third-order valence-corrected chi connectivity index (χ3v) is 7.45. The molecule has 0 aliphatic carbocycles. The number of thiophene rings is 1. The number of cyclic esters (lactones) is 1. The molecule has 2 aliphatic rings. The van der Waals surface area contributed by atoms with E-state index in [4.69, 9.17) is 4.74 Å². The van der Waals surface area contributed by atoms with Crippen molar-refractivity contribution in [3.8, 4) is 10.7 Å². The number of likely N-dealkylation sites (tertiary alicyclic amines) is 1. The fourth-order valence-corrected chi connectivity index (χ4v) is 5.45. The van der Waals surface area contributed by atoms with Crippen molar-refractivity contribution < 1.29 is 14.3 Å². The Hall–Kier alpha value is -2.07. The molecule has 0 bridgehead atoms. The molecule has 2 aromatic heterocycles. The van der Waals surface area contributed by atoms with Gasteiger partial charge in [-0.1, -0.05) is 31.7 Å². The minimum atomic E-state index is -0.224. The van der Waals surface area contributed by atoms with Crippen molar-refractivity contribution in [2.24, 2.45) is 12.5 Å². The number of thioether (sulfide) groups is 1. The number of ether oxygens (including phenoxy) is 1. The average molecular weight is 450 g/mol. The summed E-state index contributed by atoms with van der Waals surface area (Å²) >= 11 is 3.03. The number of nitrogens with zero attached hydrogens (tertiary/aromatic N) is 5. The van der Waals surface area contributed by atoms with Gasteiger partial charge in [-0.05, 0) is 24.3 Å². The van der Waals surface area contributed by atoms with Gasteiger partial charge in [0.2, 0.25) is 5.91 Å². The van der Waals surface area contributed by atoms with Crippen LogP contribution in [-0.4, -0.2) is 74.6 Å². The maximum atomic E-state index is 12.7. The molecule has 2 aromatic rings. The predicted octanol–water partition coefficient (Wildman–Crippen LogP) is 3.11. The van der Waals surface area contributed by atoms with Crippen LogP contribution < -0.4 is 0 Å². The van der Waals surface area contributed by atoms with Gasteiger partial charge in [0, 0.05) is 38.1 Å². The van der Waals surface area contributed by atoms with Gasteiger partial charge in [0.25, 0.3) is 0 Å². The normalized spacial score (nSPS) is 19.8. The van der Waals surface area contributed by atoms with Crippen molar-refractivity contribution in [3.05, 3.63) is 17.5 Å². The highest BCUT2D eigenvalue weighted by atomic mass is 32.2. The molecule has 0 aromatic carbocycles. The van der Waals surface area contributed by atoms with E-state index in [0.717, 1.165) is 28.7 Å². The van der Waals surface area contributed by atoms with E-state index in [-0.39, 0.29) is 23.5 Å². The van der Waals surface area contributed by atoms with E-state index < -0.39 is 0 Å². The summed E-state index contributed by atoms with van der Waals surface area (Å²) in [4.78, 5) is 29.7. The number of piperidine rings is 1. The van der Waals surface area contributed by atoms with Crippen LogP contribution in [0.25, 0.3) is 10.7 Å². The first-order chi connectivity index (χ1) is 14.3. The molecule has 2 saturated heterocycles. The third-order valence-electron chi connectivity index (χ3n) is 5.58. The molecule has 0 unspecified atom stereocenters. The number of carbonyl (C=O) groups excluding carboxylic acids is 2. The molecule has 4 rings (SSSR count). The van der Waals surface area contributed by atoms with Crippen LogP contribution in [-0.2, 0) is 16.6 Å². The maximum absolute atomic E-state index is 12.7. The molecule has 2 amide bonds. The van der Waals surface area contributed by atoms with E-state index in [1.54, 1.807) is 11.3 Å². The molecule has 0 radical (unpaired) electrons. The molecular formula is C20H27N5O3S2. The second-order valence-corrected chi connectivity index (χ2v) is 10.5. The van der Waals surface area contributed by atoms with Crippen LogP contribution in [0.4, 0.5) is 4.79 Å². The summed E-state index contributed by atoms with van der Waals surface area (Å²) in [5, 5.41) is 11.2. The monoisotopic (exact) mass is 449 g/mol. The summed E-state index contributed by atoms with van der Waals surface area (Å²) in [5.74, 6) is 1.25. The van der Waals surface area contributed by atoms with E-state index in [9.17, 15) is 9.59 Å². The smallest absolute Gasteiger partial charge is 0.410 e. The summed E-state index contributed by atoms with van der Waals surface area (Å²) < 4.78 is 7.28. The molecule has 2 fully saturated rings. The minimum Gasteiger partial charge on any atom is -0.449 e. The van der Waals surface area contributed by atoms with E-state index in [1.165, 1.54) is 11.8 Å². The third kappa shape index (κ3) is 4.49. The Morgan fingerprint density at radius 2 is 2.10 bits per heavy atom. The van der Waals surface area contributed by atoms with Gasteiger partial charge in [0.1, 0.15) is 0 Å². The molecule has 0 atom stereocenters. The zero-order valence-electron chi connectivity index (χ0n) is 17.5. The van der Waals surface area contributed by atoms with Gasteiger partial charge in [-0.25, -0.2) is 4.79 Å². The average Bonchev–Trinajstić information content (AvgIpc) is 3.38. The van der Waals surface area contributed by atoms with Crippen molar-refractivity contribution >= 4 is 35.1 Å². The molecule has 2 aliphatic heterocycles. The van der Waals surface area contributed by atoms with Crippen LogP contribution in [0.15, 0.2) is 22.7 Å². The highest BCUT2D eigenvalue weighted by molar-refractivity contribution is 7.99. The fourth-order valence-electron chi connectivity index (χ4n) is 3.89. The zero-order chi connectivity index (χ0) is 21.3. The topological polar surface area (TPSA) is 80.6 Å². The van der Waals surface area contributed by atoms with Gasteiger partial charge in [0.15, 0.2) is 11.0 Å². The van der Waals surface area contributed by atoms with Gasteiger partial charge in [-0.2, -0.15) is 0 Å².